The van der Waals surface area contributed by atoms with Gasteiger partial charge in [0.2, 0.25) is 0 Å². The van der Waals surface area contributed by atoms with Crippen LogP contribution < -0.4 is 0 Å². The molecule has 3 rings (SSSR count). The number of thioether (sulfide) groups is 1. The highest BCUT2D eigenvalue weighted by Crippen LogP contribution is 2.25. The number of hydrogen-bond donors (Lipinski definition) is 0. The third-order valence-electron chi connectivity index (χ3n) is 3.65. The molecule has 0 aliphatic carbocycles. The van der Waals surface area contributed by atoms with Crippen molar-refractivity contribution in [3.05, 3.63) is 58.2 Å². The lowest BCUT2D eigenvalue weighted by atomic mass is 10.3. The molecule has 0 spiro atoms. The summed E-state index contributed by atoms with van der Waals surface area (Å²) in [7, 11) is 1.76. The summed E-state index contributed by atoms with van der Waals surface area (Å²) in [4.78, 5) is 27.0. The number of thiazole rings is 1. The summed E-state index contributed by atoms with van der Waals surface area (Å²) >= 11 is 3.02. The summed E-state index contributed by atoms with van der Waals surface area (Å²) in [6, 6.07) is 5.19. The van der Waals surface area contributed by atoms with Gasteiger partial charge < -0.3 is 9.32 Å². The number of nitrogens with zero attached hydrogens (tertiary/aromatic N) is 4. The number of carbonyl (C=O) groups is 1. The number of furan rings is 1. The second-order valence-corrected chi connectivity index (χ2v) is 7.34. The molecule has 1 atom stereocenters. The maximum atomic E-state index is 12.6. The van der Waals surface area contributed by atoms with Gasteiger partial charge in [0.15, 0.2) is 10.9 Å². The molecule has 0 aliphatic heterocycles. The highest BCUT2D eigenvalue weighted by atomic mass is 32.2. The maximum absolute atomic E-state index is 12.6. The molecule has 0 saturated carbocycles. The zero-order valence-corrected chi connectivity index (χ0v) is 15.8. The van der Waals surface area contributed by atoms with Crippen LogP contribution >= 0.6 is 23.1 Å². The van der Waals surface area contributed by atoms with E-state index in [1.54, 1.807) is 47.8 Å². The smallest absolute Gasteiger partial charge is 0.289 e. The van der Waals surface area contributed by atoms with Gasteiger partial charge in [0.1, 0.15) is 10.8 Å². The quantitative estimate of drug-likeness (QED) is 0.480. The fraction of sp³-hybridized carbons (Fsp3) is 0.294. The summed E-state index contributed by atoms with van der Waals surface area (Å²) < 4.78 is 5.69. The number of rotatable bonds is 6. The summed E-state index contributed by atoms with van der Waals surface area (Å²) in [5.74, 6) is 1.45. The zero-order chi connectivity index (χ0) is 17.8. The second-order valence-electron chi connectivity index (χ2n) is 5.51. The van der Waals surface area contributed by atoms with E-state index in [9.17, 15) is 4.79 Å². The van der Waals surface area contributed by atoms with Crippen molar-refractivity contribution in [2.24, 2.45) is 0 Å². The van der Waals surface area contributed by atoms with Gasteiger partial charge in [-0.25, -0.2) is 15.0 Å². The monoisotopic (exact) mass is 374 g/mol. The van der Waals surface area contributed by atoms with Crippen LogP contribution in [0.5, 0.6) is 0 Å². The zero-order valence-electron chi connectivity index (χ0n) is 14.2. The molecule has 8 heteroatoms. The van der Waals surface area contributed by atoms with Gasteiger partial charge in [-0.2, -0.15) is 0 Å². The van der Waals surface area contributed by atoms with Crippen molar-refractivity contribution >= 4 is 29.0 Å². The van der Waals surface area contributed by atoms with Gasteiger partial charge in [0.25, 0.3) is 5.91 Å². The molecule has 3 heterocycles. The first-order valence-electron chi connectivity index (χ1n) is 7.72. The fourth-order valence-electron chi connectivity index (χ4n) is 2.15. The van der Waals surface area contributed by atoms with Crippen molar-refractivity contribution in [2.45, 2.75) is 30.8 Å². The van der Waals surface area contributed by atoms with Crippen molar-refractivity contribution in [1.29, 1.82) is 0 Å². The Kier molecular flexibility index (Phi) is 5.50. The Morgan fingerprint density at radius 1 is 1.36 bits per heavy atom. The first-order valence-corrected chi connectivity index (χ1v) is 9.59. The summed E-state index contributed by atoms with van der Waals surface area (Å²) in [5.41, 5.74) is 0.966. The highest BCUT2D eigenvalue weighted by molar-refractivity contribution is 7.98. The first-order chi connectivity index (χ1) is 12.0. The van der Waals surface area contributed by atoms with E-state index >= 15 is 0 Å². The Labute approximate surface area is 154 Å². The minimum Gasteiger partial charge on any atom is -0.455 e. The maximum Gasteiger partial charge on any atom is 0.289 e. The lowest BCUT2D eigenvalue weighted by molar-refractivity contribution is 0.0708. The molecule has 0 fully saturated rings. The minimum atomic E-state index is -0.160. The Balaban J connectivity index is 1.63. The molecule has 0 unspecified atom stereocenters. The first kappa shape index (κ1) is 17.6. The average molecular weight is 374 g/mol. The number of amides is 1. The van der Waals surface area contributed by atoms with E-state index in [4.69, 9.17) is 4.42 Å². The van der Waals surface area contributed by atoms with E-state index in [1.165, 1.54) is 11.8 Å². The van der Waals surface area contributed by atoms with E-state index in [2.05, 4.69) is 15.0 Å². The van der Waals surface area contributed by atoms with Crippen LogP contribution in [0, 0.1) is 6.92 Å². The fourth-order valence-corrected chi connectivity index (χ4v) is 3.74. The van der Waals surface area contributed by atoms with Gasteiger partial charge in [-0.3, -0.25) is 4.79 Å². The molecule has 0 bridgehead atoms. The Morgan fingerprint density at radius 2 is 2.12 bits per heavy atom. The van der Waals surface area contributed by atoms with Crippen molar-refractivity contribution in [3.8, 4) is 0 Å². The van der Waals surface area contributed by atoms with Crippen molar-refractivity contribution in [2.75, 3.05) is 7.05 Å². The third kappa shape index (κ3) is 4.26. The molecular weight excluding hydrogens is 356 g/mol. The van der Waals surface area contributed by atoms with Crippen LogP contribution in [0.2, 0.25) is 0 Å². The normalized spacial score (nSPS) is 12.1. The van der Waals surface area contributed by atoms with Crippen LogP contribution in [0.15, 0.2) is 45.5 Å². The van der Waals surface area contributed by atoms with Gasteiger partial charge in [0.05, 0.1) is 11.8 Å². The predicted molar refractivity (Wildman–Crippen MR) is 97.7 cm³/mol. The molecule has 0 radical (unpaired) electrons. The lowest BCUT2D eigenvalue weighted by Crippen LogP contribution is -2.29. The van der Waals surface area contributed by atoms with E-state index in [0.29, 0.717) is 22.4 Å². The molecule has 1 amide bonds. The Bertz CT molecular complexity index is 847. The van der Waals surface area contributed by atoms with Gasteiger partial charge in [-0.05, 0) is 32.0 Å². The molecule has 130 valence electrons. The standard InChI is InChI=1S/C17H18N4O2S2/c1-11-9-24-15(20-11)12(2)21(3)16(22)14-6-5-13(23-14)10-25-17-18-7-4-8-19-17/h4-9,12H,10H2,1-3H3/t12-/m1/s1. The van der Waals surface area contributed by atoms with Gasteiger partial charge in [-0.1, -0.05) is 11.8 Å². The summed E-state index contributed by atoms with van der Waals surface area (Å²) in [6.45, 7) is 3.91. The van der Waals surface area contributed by atoms with Gasteiger partial charge >= 0.3 is 0 Å². The van der Waals surface area contributed by atoms with Gasteiger partial charge in [0, 0.05) is 30.5 Å². The average Bonchev–Trinajstić information content (AvgIpc) is 3.28. The topological polar surface area (TPSA) is 72.1 Å². The van der Waals surface area contributed by atoms with E-state index in [-0.39, 0.29) is 11.9 Å². The van der Waals surface area contributed by atoms with E-state index < -0.39 is 0 Å². The predicted octanol–water partition coefficient (Wildman–Crippen LogP) is 3.96. The van der Waals surface area contributed by atoms with Crippen molar-refractivity contribution in [3.63, 3.8) is 0 Å². The van der Waals surface area contributed by atoms with Crippen LogP contribution in [0.1, 0.15) is 40.0 Å². The molecule has 0 N–H and O–H groups in total. The van der Waals surface area contributed by atoms with Crippen LogP contribution in [-0.4, -0.2) is 32.8 Å². The molecule has 6 nitrogen and oxygen atoms in total. The van der Waals surface area contributed by atoms with Crippen LogP contribution in [0.25, 0.3) is 0 Å². The van der Waals surface area contributed by atoms with Crippen molar-refractivity contribution < 1.29 is 9.21 Å². The Morgan fingerprint density at radius 3 is 2.80 bits per heavy atom. The van der Waals surface area contributed by atoms with E-state index in [1.807, 2.05) is 25.3 Å². The summed E-state index contributed by atoms with van der Waals surface area (Å²) in [5, 5.41) is 3.58. The van der Waals surface area contributed by atoms with Crippen LogP contribution in [-0.2, 0) is 5.75 Å². The number of hydrogen-bond acceptors (Lipinski definition) is 7. The molecule has 3 aromatic heterocycles. The lowest BCUT2D eigenvalue weighted by Gasteiger charge is -2.22. The number of carbonyl (C=O) groups excluding carboxylic acids is 1. The number of aryl methyl sites for hydroxylation is 1. The van der Waals surface area contributed by atoms with Crippen LogP contribution in [0.4, 0.5) is 0 Å². The summed E-state index contributed by atoms with van der Waals surface area (Å²) in [6.07, 6.45) is 3.40. The van der Waals surface area contributed by atoms with Gasteiger partial charge in [-0.15, -0.1) is 11.3 Å². The minimum absolute atomic E-state index is 0.105. The van der Waals surface area contributed by atoms with Crippen molar-refractivity contribution in [1.82, 2.24) is 19.9 Å². The molecule has 25 heavy (non-hydrogen) atoms. The Hall–Kier alpha value is -2.19. The van der Waals surface area contributed by atoms with Crippen LogP contribution in [0.3, 0.4) is 0 Å². The SMILES string of the molecule is Cc1csc([C@@H](C)N(C)C(=O)c2ccc(CSc3ncccn3)o2)n1. The largest absolute Gasteiger partial charge is 0.455 e. The number of aromatic nitrogens is 3. The molecule has 0 saturated heterocycles. The molecule has 0 aliphatic rings. The molecule has 3 aromatic rings. The molecule has 0 aromatic carbocycles. The highest BCUT2D eigenvalue weighted by Gasteiger charge is 2.23. The van der Waals surface area contributed by atoms with E-state index in [0.717, 1.165) is 10.7 Å². The molecular formula is C17H18N4O2S2. The second kappa shape index (κ2) is 7.79. The third-order valence-corrected chi connectivity index (χ3v) is 5.68.